The molecule has 28 heavy (non-hydrogen) atoms. The largest absolute Gasteiger partial charge is 0.490 e. The van der Waals surface area contributed by atoms with Gasteiger partial charge in [-0.1, -0.05) is 6.07 Å². The number of rotatable bonds is 11. The van der Waals surface area contributed by atoms with Crippen molar-refractivity contribution in [2.24, 2.45) is 10.9 Å². The van der Waals surface area contributed by atoms with Crippen molar-refractivity contribution >= 4 is 35.8 Å². The average molecular weight is 504 g/mol. The lowest BCUT2D eigenvalue weighted by Crippen LogP contribution is -2.42. The first-order chi connectivity index (χ1) is 13.2. The van der Waals surface area contributed by atoms with Crippen molar-refractivity contribution in [3.63, 3.8) is 0 Å². The number of aliphatic imine (C=N–C) groups is 1. The van der Waals surface area contributed by atoms with Gasteiger partial charge in [0.25, 0.3) is 0 Å². The molecule has 1 aromatic carbocycles. The SMILES string of the molecule is CCOc1ccc(CCNC(=NC)NCCNC(=O)C2CC2)cc1OCC.I. The van der Waals surface area contributed by atoms with E-state index < -0.39 is 0 Å². The quantitative estimate of drug-likeness (QED) is 0.187. The van der Waals surface area contributed by atoms with E-state index in [0.717, 1.165) is 43.3 Å². The number of halogens is 1. The molecular formula is C20H33IN4O3. The van der Waals surface area contributed by atoms with Gasteiger partial charge in [0.15, 0.2) is 17.5 Å². The average Bonchev–Trinajstić information content (AvgIpc) is 3.51. The van der Waals surface area contributed by atoms with Gasteiger partial charge in [0.1, 0.15) is 0 Å². The number of ether oxygens (including phenoxy) is 2. The third kappa shape index (κ3) is 8.53. The van der Waals surface area contributed by atoms with E-state index in [0.29, 0.717) is 26.3 Å². The summed E-state index contributed by atoms with van der Waals surface area (Å²) in [6, 6.07) is 6.04. The van der Waals surface area contributed by atoms with Crippen LogP contribution in [0, 0.1) is 5.92 Å². The molecule has 3 N–H and O–H groups in total. The molecule has 1 aliphatic rings. The van der Waals surface area contributed by atoms with Gasteiger partial charge in [-0.05, 0) is 50.8 Å². The van der Waals surface area contributed by atoms with Gasteiger partial charge in [-0.25, -0.2) is 0 Å². The zero-order chi connectivity index (χ0) is 19.5. The lowest BCUT2D eigenvalue weighted by molar-refractivity contribution is -0.122. The Morgan fingerprint density at radius 1 is 1.04 bits per heavy atom. The van der Waals surface area contributed by atoms with E-state index >= 15 is 0 Å². The molecule has 1 aliphatic carbocycles. The van der Waals surface area contributed by atoms with Crippen LogP contribution in [0.25, 0.3) is 0 Å². The second-order valence-electron chi connectivity index (χ2n) is 6.39. The van der Waals surface area contributed by atoms with Crippen LogP contribution in [0.5, 0.6) is 11.5 Å². The fourth-order valence-corrected chi connectivity index (χ4v) is 2.65. The predicted molar refractivity (Wildman–Crippen MR) is 123 cm³/mol. The first kappa shape index (κ1) is 24.3. The van der Waals surface area contributed by atoms with Crippen LogP contribution >= 0.6 is 24.0 Å². The maximum atomic E-state index is 11.6. The summed E-state index contributed by atoms with van der Waals surface area (Å²) in [5.41, 5.74) is 1.17. The molecule has 1 aromatic rings. The Hall–Kier alpha value is -1.71. The smallest absolute Gasteiger partial charge is 0.223 e. The summed E-state index contributed by atoms with van der Waals surface area (Å²) < 4.78 is 11.3. The van der Waals surface area contributed by atoms with Crippen LogP contribution in [0.4, 0.5) is 0 Å². The van der Waals surface area contributed by atoms with Gasteiger partial charge in [0.2, 0.25) is 5.91 Å². The zero-order valence-electron chi connectivity index (χ0n) is 17.0. The number of amides is 1. The van der Waals surface area contributed by atoms with Crippen molar-refractivity contribution in [3.05, 3.63) is 23.8 Å². The molecule has 0 radical (unpaired) electrons. The van der Waals surface area contributed by atoms with Crippen molar-refractivity contribution in [2.45, 2.75) is 33.1 Å². The highest BCUT2D eigenvalue weighted by atomic mass is 127. The number of benzene rings is 1. The summed E-state index contributed by atoms with van der Waals surface area (Å²) in [4.78, 5) is 15.8. The zero-order valence-corrected chi connectivity index (χ0v) is 19.4. The summed E-state index contributed by atoms with van der Waals surface area (Å²) in [6.07, 6.45) is 2.89. The molecule has 8 heteroatoms. The van der Waals surface area contributed by atoms with Crippen LogP contribution in [0.2, 0.25) is 0 Å². The predicted octanol–water partition coefficient (Wildman–Crippen LogP) is 2.34. The van der Waals surface area contributed by atoms with E-state index in [1.807, 2.05) is 26.0 Å². The fourth-order valence-electron chi connectivity index (χ4n) is 2.65. The summed E-state index contributed by atoms with van der Waals surface area (Å²) in [5.74, 6) is 2.71. The molecule has 1 fully saturated rings. The number of guanidine groups is 1. The first-order valence-corrected chi connectivity index (χ1v) is 9.78. The van der Waals surface area contributed by atoms with Crippen molar-refractivity contribution in [1.82, 2.24) is 16.0 Å². The molecule has 1 amide bonds. The molecule has 0 saturated heterocycles. The van der Waals surface area contributed by atoms with Gasteiger partial charge in [0.05, 0.1) is 13.2 Å². The molecule has 0 spiro atoms. The molecule has 0 atom stereocenters. The molecule has 0 bridgehead atoms. The molecule has 0 heterocycles. The van der Waals surface area contributed by atoms with E-state index in [-0.39, 0.29) is 35.8 Å². The fraction of sp³-hybridized carbons (Fsp3) is 0.600. The van der Waals surface area contributed by atoms with E-state index in [1.54, 1.807) is 7.05 Å². The Morgan fingerprint density at radius 2 is 1.68 bits per heavy atom. The molecule has 1 saturated carbocycles. The summed E-state index contributed by atoms with van der Waals surface area (Å²) >= 11 is 0. The molecule has 0 unspecified atom stereocenters. The van der Waals surface area contributed by atoms with Gasteiger partial charge in [-0.2, -0.15) is 0 Å². The van der Waals surface area contributed by atoms with E-state index in [1.165, 1.54) is 5.56 Å². The molecule has 0 aliphatic heterocycles. The van der Waals surface area contributed by atoms with E-state index in [9.17, 15) is 4.79 Å². The Kier molecular flexibility index (Phi) is 11.7. The normalized spacial score (nSPS) is 13.3. The molecule has 0 aromatic heterocycles. The molecule has 7 nitrogen and oxygen atoms in total. The summed E-state index contributed by atoms with van der Waals surface area (Å²) in [6.45, 7) is 7.14. The highest BCUT2D eigenvalue weighted by Gasteiger charge is 2.28. The van der Waals surface area contributed by atoms with Crippen molar-refractivity contribution in [1.29, 1.82) is 0 Å². The monoisotopic (exact) mass is 504 g/mol. The van der Waals surface area contributed by atoms with E-state index in [4.69, 9.17) is 9.47 Å². The third-order valence-corrected chi connectivity index (χ3v) is 4.20. The lowest BCUT2D eigenvalue weighted by Gasteiger charge is -2.14. The minimum atomic E-state index is 0. The Morgan fingerprint density at radius 3 is 2.32 bits per heavy atom. The second-order valence-corrected chi connectivity index (χ2v) is 6.39. The number of hydrogen-bond donors (Lipinski definition) is 3. The van der Waals surface area contributed by atoms with Gasteiger partial charge >= 0.3 is 0 Å². The first-order valence-electron chi connectivity index (χ1n) is 9.78. The van der Waals surface area contributed by atoms with Crippen LogP contribution in [0.3, 0.4) is 0 Å². The van der Waals surface area contributed by atoms with Crippen LogP contribution in [0.15, 0.2) is 23.2 Å². The Balaban J connectivity index is 0.00000392. The van der Waals surface area contributed by atoms with Crippen LogP contribution in [-0.2, 0) is 11.2 Å². The maximum absolute atomic E-state index is 11.6. The molecule has 2 rings (SSSR count). The highest BCUT2D eigenvalue weighted by molar-refractivity contribution is 14.0. The minimum absolute atomic E-state index is 0. The number of nitrogens with zero attached hydrogens (tertiary/aromatic N) is 1. The van der Waals surface area contributed by atoms with Gasteiger partial charge < -0.3 is 25.4 Å². The number of carbonyl (C=O) groups excluding carboxylic acids is 1. The lowest BCUT2D eigenvalue weighted by atomic mass is 10.1. The Bertz CT molecular complexity index is 636. The van der Waals surface area contributed by atoms with Crippen LogP contribution < -0.4 is 25.4 Å². The van der Waals surface area contributed by atoms with E-state index in [2.05, 4.69) is 27.0 Å². The summed E-state index contributed by atoms with van der Waals surface area (Å²) in [5, 5.41) is 9.42. The number of carbonyl (C=O) groups is 1. The third-order valence-electron chi connectivity index (χ3n) is 4.20. The number of nitrogens with one attached hydrogen (secondary N) is 3. The van der Waals surface area contributed by atoms with Gasteiger partial charge in [0, 0.05) is 32.6 Å². The Labute approximate surface area is 185 Å². The van der Waals surface area contributed by atoms with Crippen LogP contribution in [0.1, 0.15) is 32.3 Å². The topological polar surface area (TPSA) is 84.0 Å². The number of hydrogen-bond acceptors (Lipinski definition) is 4. The van der Waals surface area contributed by atoms with Crippen molar-refractivity contribution < 1.29 is 14.3 Å². The van der Waals surface area contributed by atoms with Gasteiger partial charge in [-0.3, -0.25) is 9.79 Å². The van der Waals surface area contributed by atoms with Crippen LogP contribution in [-0.4, -0.2) is 51.8 Å². The van der Waals surface area contributed by atoms with Gasteiger partial charge in [-0.15, -0.1) is 24.0 Å². The van der Waals surface area contributed by atoms with Crippen molar-refractivity contribution in [3.8, 4) is 11.5 Å². The highest BCUT2D eigenvalue weighted by Crippen LogP contribution is 2.29. The summed E-state index contributed by atoms with van der Waals surface area (Å²) in [7, 11) is 1.74. The standard InChI is InChI=1S/C20H32N4O3.HI/c1-4-26-17-9-6-15(14-18(17)27-5-2)10-11-23-20(21-3)24-13-12-22-19(25)16-7-8-16;/h6,9,14,16H,4-5,7-8,10-13H2,1-3H3,(H,22,25)(H2,21,23,24);1H. The minimum Gasteiger partial charge on any atom is -0.490 e. The second kappa shape index (κ2) is 13.5. The van der Waals surface area contributed by atoms with Crippen molar-refractivity contribution in [2.75, 3.05) is 39.9 Å². The maximum Gasteiger partial charge on any atom is 0.223 e. The molecule has 158 valence electrons. The molecular weight excluding hydrogens is 471 g/mol.